The number of carbonyl (C=O) groups excluding carboxylic acids is 2. The highest BCUT2D eigenvalue weighted by Crippen LogP contribution is 2.31. The molecule has 150 valence electrons. The molecule has 3 rings (SSSR count). The van der Waals surface area contributed by atoms with Crippen molar-refractivity contribution in [3.05, 3.63) is 74.4 Å². The van der Waals surface area contributed by atoms with Crippen LogP contribution >= 0.6 is 34.5 Å². The largest absolute Gasteiger partial charge is 0.329 e. The molecule has 4 nitrogen and oxygen atoms in total. The van der Waals surface area contributed by atoms with Crippen LogP contribution in [0.15, 0.2) is 53.9 Å². The van der Waals surface area contributed by atoms with Gasteiger partial charge in [-0.1, -0.05) is 59.1 Å². The van der Waals surface area contributed by atoms with Crippen molar-refractivity contribution in [1.82, 2.24) is 4.90 Å². The van der Waals surface area contributed by atoms with Crippen molar-refractivity contribution in [2.45, 2.75) is 13.8 Å². The van der Waals surface area contributed by atoms with Crippen LogP contribution in [0.25, 0.3) is 11.1 Å². The second-order valence-electron chi connectivity index (χ2n) is 6.49. The van der Waals surface area contributed by atoms with Crippen LogP contribution in [0.3, 0.4) is 0 Å². The lowest BCUT2D eigenvalue weighted by molar-refractivity contribution is -0.116. The van der Waals surface area contributed by atoms with Gasteiger partial charge in [0.1, 0.15) is 6.54 Å². The molecule has 0 saturated heterocycles. The van der Waals surface area contributed by atoms with E-state index < -0.39 is 0 Å². The molecule has 0 bridgehead atoms. The summed E-state index contributed by atoms with van der Waals surface area (Å²) in [5.41, 5.74) is 3.35. The van der Waals surface area contributed by atoms with Crippen LogP contribution in [-0.2, 0) is 4.79 Å². The minimum absolute atomic E-state index is 0.0951. The summed E-state index contributed by atoms with van der Waals surface area (Å²) in [6.07, 6.45) is 0. The number of para-hydroxylation sites is 1. The average molecular weight is 447 g/mol. The zero-order valence-electron chi connectivity index (χ0n) is 16.0. The predicted octanol–water partition coefficient (Wildman–Crippen LogP) is 6.13. The summed E-state index contributed by atoms with van der Waals surface area (Å²) < 4.78 is 0. The molecule has 3 aromatic rings. The lowest BCUT2D eigenvalue weighted by Crippen LogP contribution is -2.37. The van der Waals surface area contributed by atoms with Gasteiger partial charge in [-0.3, -0.25) is 9.59 Å². The molecular weight excluding hydrogens is 427 g/mol. The lowest BCUT2D eigenvalue weighted by atomic mass is 10.0. The third kappa shape index (κ3) is 4.99. The fourth-order valence-electron chi connectivity index (χ4n) is 2.88. The lowest BCUT2D eigenvalue weighted by Gasteiger charge is -2.21. The van der Waals surface area contributed by atoms with Gasteiger partial charge in [0.15, 0.2) is 0 Å². The van der Waals surface area contributed by atoms with Crippen LogP contribution in [0.4, 0.5) is 5.69 Å². The molecule has 0 unspecified atom stereocenters. The second-order valence-corrected chi connectivity index (χ2v) is 8.22. The summed E-state index contributed by atoms with van der Waals surface area (Å²) >= 11 is 13.6. The Balaban J connectivity index is 1.77. The summed E-state index contributed by atoms with van der Waals surface area (Å²) in [7, 11) is 0. The Morgan fingerprint density at radius 2 is 1.69 bits per heavy atom. The van der Waals surface area contributed by atoms with E-state index in [4.69, 9.17) is 23.2 Å². The maximum Gasteiger partial charge on any atom is 0.265 e. The van der Waals surface area contributed by atoms with E-state index in [0.29, 0.717) is 27.2 Å². The summed E-state index contributed by atoms with van der Waals surface area (Å²) in [6.45, 7) is 4.16. The van der Waals surface area contributed by atoms with Crippen LogP contribution in [0, 0.1) is 6.92 Å². The van der Waals surface area contributed by atoms with Gasteiger partial charge in [0.2, 0.25) is 5.91 Å². The SMILES string of the molecule is CCN(CC(=O)Nc1c(Cl)cccc1Cl)C(=O)c1sccc1-c1ccc(C)cc1. The van der Waals surface area contributed by atoms with Crippen molar-refractivity contribution in [2.24, 2.45) is 0 Å². The Labute approximate surface area is 184 Å². The third-order valence-corrected chi connectivity index (χ3v) is 5.98. The minimum Gasteiger partial charge on any atom is -0.329 e. The number of halogens is 2. The average Bonchev–Trinajstić information content (AvgIpc) is 3.19. The molecule has 2 aromatic carbocycles. The number of hydrogen-bond acceptors (Lipinski definition) is 3. The van der Waals surface area contributed by atoms with Crippen molar-refractivity contribution in [1.29, 1.82) is 0 Å². The highest BCUT2D eigenvalue weighted by molar-refractivity contribution is 7.12. The molecular formula is C22H20Cl2N2O2S. The number of hydrogen-bond donors (Lipinski definition) is 1. The number of rotatable bonds is 6. The maximum atomic E-state index is 13.1. The Hall–Kier alpha value is -2.34. The standard InChI is InChI=1S/C22H20Cl2N2O2S/c1-3-26(13-19(27)25-20-17(23)5-4-6-18(20)24)22(28)21-16(11-12-29-21)15-9-7-14(2)8-10-15/h4-12H,3,13H2,1-2H3,(H,25,27). The number of amides is 2. The Bertz CT molecular complexity index is 1010. The summed E-state index contributed by atoms with van der Waals surface area (Å²) in [5.74, 6) is -0.540. The molecule has 0 fully saturated rings. The van der Waals surface area contributed by atoms with Gasteiger partial charge in [-0.05, 0) is 43.0 Å². The van der Waals surface area contributed by atoms with E-state index in [1.54, 1.807) is 18.2 Å². The Morgan fingerprint density at radius 3 is 2.31 bits per heavy atom. The van der Waals surface area contributed by atoms with Crippen LogP contribution in [-0.4, -0.2) is 29.8 Å². The second kappa shape index (κ2) is 9.44. The first-order chi connectivity index (χ1) is 13.9. The van der Waals surface area contributed by atoms with Crippen LogP contribution in [0.5, 0.6) is 0 Å². The molecule has 1 aromatic heterocycles. The molecule has 29 heavy (non-hydrogen) atoms. The fraction of sp³-hybridized carbons (Fsp3) is 0.182. The molecule has 2 amide bonds. The van der Waals surface area contributed by atoms with Gasteiger partial charge in [0, 0.05) is 12.1 Å². The molecule has 0 saturated carbocycles. The molecule has 7 heteroatoms. The molecule has 1 heterocycles. The number of benzene rings is 2. The number of anilines is 1. The maximum absolute atomic E-state index is 13.1. The fourth-order valence-corrected chi connectivity index (χ4v) is 4.25. The van der Waals surface area contributed by atoms with Crippen LogP contribution < -0.4 is 5.32 Å². The molecule has 1 N–H and O–H groups in total. The number of nitrogens with one attached hydrogen (secondary N) is 1. The number of likely N-dealkylation sites (N-methyl/N-ethyl adjacent to an activating group) is 1. The van der Waals surface area contributed by atoms with Gasteiger partial charge >= 0.3 is 0 Å². The van der Waals surface area contributed by atoms with Crippen LogP contribution in [0.1, 0.15) is 22.2 Å². The topological polar surface area (TPSA) is 49.4 Å². The zero-order chi connectivity index (χ0) is 21.0. The van der Waals surface area contributed by atoms with Crippen LogP contribution in [0.2, 0.25) is 10.0 Å². The first kappa shape index (κ1) is 21.4. The Morgan fingerprint density at radius 1 is 1.03 bits per heavy atom. The summed E-state index contributed by atoms with van der Waals surface area (Å²) in [4.78, 5) is 27.8. The van der Waals surface area contributed by atoms with Gasteiger partial charge in [-0.2, -0.15) is 0 Å². The summed E-state index contributed by atoms with van der Waals surface area (Å²) in [6, 6.07) is 14.9. The van der Waals surface area contributed by atoms with Crippen molar-refractivity contribution in [2.75, 3.05) is 18.4 Å². The van der Waals surface area contributed by atoms with Crippen molar-refractivity contribution < 1.29 is 9.59 Å². The third-order valence-electron chi connectivity index (χ3n) is 4.45. The zero-order valence-corrected chi connectivity index (χ0v) is 18.4. The van der Waals surface area contributed by atoms with Gasteiger partial charge in [-0.15, -0.1) is 11.3 Å². The highest BCUT2D eigenvalue weighted by Gasteiger charge is 2.22. The van der Waals surface area contributed by atoms with Gasteiger partial charge in [-0.25, -0.2) is 0 Å². The van der Waals surface area contributed by atoms with E-state index >= 15 is 0 Å². The predicted molar refractivity (Wildman–Crippen MR) is 121 cm³/mol. The number of aryl methyl sites for hydroxylation is 1. The Kier molecular flexibility index (Phi) is 6.96. The van der Waals surface area contributed by atoms with E-state index in [1.807, 2.05) is 49.6 Å². The number of nitrogens with zero attached hydrogens (tertiary/aromatic N) is 1. The van der Waals surface area contributed by atoms with Gasteiger partial charge in [0.05, 0.1) is 20.6 Å². The van der Waals surface area contributed by atoms with Crippen molar-refractivity contribution >= 4 is 52.0 Å². The quantitative estimate of drug-likeness (QED) is 0.494. The normalized spacial score (nSPS) is 10.6. The highest BCUT2D eigenvalue weighted by atomic mass is 35.5. The molecule has 0 spiro atoms. The minimum atomic E-state index is -0.358. The van der Waals surface area contributed by atoms with Crippen molar-refractivity contribution in [3.63, 3.8) is 0 Å². The molecule has 0 aliphatic carbocycles. The van der Waals surface area contributed by atoms with Crippen molar-refractivity contribution in [3.8, 4) is 11.1 Å². The van der Waals surface area contributed by atoms with E-state index in [1.165, 1.54) is 16.2 Å². The van der Waals surface area contributed by atoms with Gasteiger partial charge in [0.25, 0.3) is 5.91 Å². The van der Waals surface area contributed by atoms with E-state index in [0.717, 1.165) is 16.7 Å². The van der Waals surface area contributed by atoms with Gasteiger partial charge < -0.3 is 10.2 Å². The molecule has 0 aliphatic rings. The first-order valence-corrected chi connectivity index (χ1v) is 10.7. The van der Waals surface area contributed by atoms with E-state index in [2.05, 4.69) is 5.32 Å². The first-order valence-electron chi connectivity index (χ1n) is 9.08. The van der Waals surface area contributed by atoms with E-state index in [-0.39, 0.29) is 18.4 Å². The monoisotopic (exact) mass is 446 g/mol. The number of thiophene rings is 1. The molecule has 0 radical (unpaired) electrons. The van der Waals surface area contributed by atoms with E-state index in [9.17, 15) is 9.59 Å². The molecule has 0 aliphatic heterocycles. The number of carbonyl (C=O) groups is 2. The summed E-state index contributed by atoms with van der Waals surface area (Å²) in [5, 5.41) is 5.29. The molecule has 0 atom stereocenters. The smallest absolute Gasteiger partial charge is 0.265 e.